The number of anilines is 1. The molecular weight excluding hydrogens is 449 g/mol. The van der Waals surface area contributed by atoms with Crippen LogP contribution in [0.5, 0.6) is 5.75 Å². The Morgan fingerprint density at radius 3 is 2.97 bits per heavy atom. The van der Waals surface area contributed by atoms with E-state index in [1.807, 2.05) is 25.2 Å². The molecule has 0 bridgehead atoms. The summed E-state index contributed by atoms with van der Waals surface area (Å²) in [4.78, 5) is 21.8. The number of nitrogens with zero attached hydrogens (tertiary/aromatic N) is 3. The molecular formula is C23H27ClFN5O3. The van der Waals surface area contributed by atoms with Crippen LogP contribution in [0.4, 0.5) is 10.2 Å². The van der Waals surface area contributed by atoms with E-state index in [2.05, 4.69) is 15.3 Å². The van der Waals surface area contributed by atoms with Crippen molar-refractivity contribution in [3.8, 4) is 5.75 Å². The number of imidazole rings is 1. The average Bonchev–Trinajstić information content (AvgIpc) is 3.38. The van der Waals surface area contributed by atoms with Gasteiger partial charge < -0.3 is 20.5 Å². The number of nitrogen functional groups attached to an aromatic ring is 1. The van der Waals surface area contributed by atoms with Crippen molar-refractivity contribution in [3.63, 3.8) is 0 Å². The van der Waals surface area contributed by atoms with Gasteiger partial charge in [0.25, 0.3) is 5.91 Å². The number of aryl methyl sites for hydroxylation is 1. The Balaban J connectivity index is 1.75. The van der Waals surface area contributed by atoms with Crippen molar-refractivity contribution in [1.29, 1.82) is 0 Å². The standard InChI is InChI=1S/C23H27ClFN5O3/c1-12(2)33-21-15(9-17-29-13(3)20-22(26)27-5-6-30(17)20)8-16(24)19(25)18(21)23(31)28-10-14-4-7-32-11-14/h5-6,8,12,14H,4,7,9-11H2,1-3H3,(H2,26,27)(H,28,31). The number of benzene rings is 1. The number of nitrogens with two attached hydrogens (primary N) is 1. The van der Waals surface area contributed by atoms with E-state index in [0.717, 1.165) is 6.42 Å². The molecule has 1 saturated heterocycles. The number of halogens is 2. The highest BCUT2D eigenvalue weighted by molar-refractivity contribution is 6.31. The maximum Gasteiger partial charge on any atom is 0.258 e. The number of carbonyl (C=O) groups is 1. The molecule has 4 rings (SSSR count). The van der Waals surface area contributed by atoms with Crippen LogP contribution in [0.1, 0.15) is 47.7 Å². The average molecular weight is 476 g/mol. The fourth-order valence-electron chi connectivity index (χ4n) is 4.05. The lowest BCUT2D eigenvalue weighted by Crippen LogP contribution is -2.31. The molecule has 1 fully saturated rings. The zero-order valence-corrected chi connectivity index (χ0v) is 19.6. The molecule has 0 aliphatic carbocycles. The molecule has 8 nitrogen and oxygen atoms in total. The Hall–Kier alpha value is -2.91. The van der Waals surface area contributed by atoms with E-state index >= 15 is 4.39 Å². The number of amides is 1. The first kappa shape index (κ1) is 23.3. The van der Waals surface area contributed by atoms with Crippen molar-refractivity contribution in [2.75, 3.05) is 25.5 Å². The monoisotopic (exact) mass is 475 g/mol. The van der Waals surface area contributed by atoms with Crippen molar-refractivity contribution in [3.05, 3.63) is 51.9 Å². The van der Waals surface area contributed by atoms with Crippen LogP contribution in [0.2, 0.25) is 5.02 Å². The summed E-state index contributed by atoms with van der Waals surface area (Å²) in [5.41, 5.74) is 7.78. The number of carbonyl (C=O) groups excluding carboxylic acids is 1. The Morgan fingerprint density at radius 2 is 2.27 bits per heavy atom. The molecule has 0 radical (unpaired) electrons. The second kappa shape index (κ2) is 9.52. The quantitative estimate of drug-likeness (QED) is 0.541. The first-order chi connectivity index (χ1) is 15.8. The van der Waals surface area contributed by atoms with Gasteiger partial charge in [0, 0.05) is 43.4 Å². The van der Waals surface area contributed by atoms with Crippen LogP contribution in [-0.2, 0) is 11.2 Å². The van der Waals surface area contributed by atoms with E-state index in [4.69, 9.17) is 26.8 Å². The van der Waals surface area contributed by atoms with Gasteiger partial charge in [-0.3, -0.25) is 9.20 Å². The predicted octanol–water partition coefficient (Wildman–Crippen LogP) is 3.56. The van der Waals surface area contributed by atoms with E-state index in [0.29, 0.717) is 48.2 Å². The second-order valence-electron chi connectivity index (χ2n) is 8.46. The molecule has 1 amide bonds. The second-order valence-corrected chi connectivity index (χ2v) is 8.87. The van der Waals surface area contributed by atoms with Crippen LogP contribution >= 0.6 is 11.6 Å². The molecule has 1 unspecified atom stereocenters. The number of fused-ring (bicyclic) bond motifs is 1. The minimum atomic E-state index is -0.811. The van der Waals surface area contributed by atoms with Crippen LogP contribution in [0.15, 0.2) is 18.5 Å². The van der Waals surface area contributed by atoms with Gasteiger partial charge in [0.1, 0.15) is 28.5 Å². The van der Waals surface area contributed by atoms with Crippen LogP contribution in [-0.4, -0.2) is 46.1 Å². The highest BCUT2D eigenvalue weighted by Gasteiger charge is 2.27. The first-order valence-electron chi connectivity index (χ1n) is 10.9. The maximum atomic E-state index is 15.1. The summed E-state index contributed by atoms with van der Waals surface area (Å²) in [6.45, 7) is 7.09. The molecule has 176 valence electrons. The number of hydrogen-bond acceptors (Lipinski definition) is 6. The van der Waals surface area contributed by atoms with Crippen LogP contribution < -0.4 is 15.8 Å². The lowest BCUT2D eigenvalue weighted by molar-refractivity contribution is 0.0934. The first-order valence-corrected chi connectivity index (χ1v) is 11.3. The summed E-state index contributed by atoms with van der Waals surface area (Å²) < 4.78 is 28.3. The number of aromatic nitrogens is 3. The summed E-state index contributed by atoms with van der Waals surface area (Å²) in [5, 5.41) is 2.65. The highest BCUT2D eigenvalue weighted by Crippen LogP contribution is 2.35. The van der Waals surface area contributed by atoms with E-state index in [1.54, 1.807) is 12.4 Å². The van der Waals surface area contributed by atoms with Gasteiger partial charge in [0.2, 0.25) is 0 Å². The maximum absolute atomic E-state index is 15.1. The fourth-order valence-corrected chi connectivity index (χ4v) is 4.27. The highest BCUT2D eigenvalue weighted by atomic mass is 35.5. The van der Waals surface area contributed by atoms with Crippen LogP contribution in [0.25, 0.3) is 5.52 Å². The molecule has 2 aromatic heterocycles. The zero-order chi connectivity index (χ0) is 23.7. The van der Waals surface area contributed by atoms with Gasteiger partial charge in [-0.1, -0.05) is 11.6 Å². The van der Waals surface area contributed by atoms with Crippen molar-refractivity contribution in [2.24, 2.45) is 5.92 Å². The molecule has 0 spiro atoms. The van der Waals surface area contributed by atoms with Crippen molar-refractivity contribution in [1.82, 2.24) is 19.7 Å². The number of ether oxygens (including phenoxy) is 2. The number of nitrogens with one attached hydrogen (secondary N) is 1. The summed E-state index contributed by atoms with van der Waals surface area (Å²) in [6, 6.07) is 1.48. The molecule has 0 saturated carbocycles. The number of rotatable bonds is 7. The van der Waals surface area contributed by atoms with Crippen molar-refractivity contribution < 1.29 is 18.7 Å². The van der Waals surface area contributed by atoms with Gasteiger partial charge >= 0.3 is 0 Å². The Morgan fingerprint density at radius 1 is 1.48 bits per heavy atom. The molecule has 1 atom stereocenters. The van der Waals surface area contributed by atoms with Crippen molar-refractivity contribution in [2.45, 2.75) is 39.7 Å². The third-order valence-electron chi connectivity index (χ3n) is 5.58. The molecule has 3 heterocycles. The van der Waals surface area contributed by atoms with Crippen LogP contribution in [0, 0.1) is 18.7 Å². The summed E-state index contributed by atoms with van der Waals surface area (Å²) >= 11 is 6.23. The SMILES string of the molecule is Cc1nc(Cc2cc(Cl)c(F)c(C(=O)NCC3CCOC3)c2OC(C)C)n2ccnc(N)c12. The smallest absolute Gasteiger partial charge is 0.258 e. The minimum absolute atomic E-state index is 0.156. The fraction of sp³-hybridized carbons (Fsp3) is 0.435. The zero-order valence-electron chi connectivity index (χ0n) is 18.8. The molecule has 10 heteroatoms. The minimum Gasteiger partial charge on any atom is -0.490 e. The van der Waals surface area contributed by atoms with E-state index in [-0.39, 0.29) is 34.8 Å². The molecule has 3 aromatic rings. The third-order valence-corrected chi connectivity index (χ3v) is 5.86. The lowest BCUT2D eigenvalue weighted by atomic mass is 10.0. The van der Waals surface area contributed by atoms with E-state index < -0.39 is 11.7 Å². The third kappa shape index (κ3) is 4.74. The largest absolute Gasteiger partial charge is 0.490 e. The van der Waals surface area contributed by atoms with E-state index in [9.17, 15) is 4.79 Å². The topological polar surface area (TPSA) is 104 Å². The molecule has 1 aromatic carbocycles. The van der Waals surface area contributed by atoms with Gasteiger partial charge in [-0.15, -0.1) is 0 Å². The van der Waals surface area contributed by atoms with Gasteiger partial charge in [-0.05, 0) is 33.3 Å². The molecule has 1 aliphatic heterocycles. The van der Waals surface area contributed by atoms with Gasteiger partial charge in [0.05, 0.1) is 23.4 Å². The number of hydrogen-bond donors (Lipinski definition) is 2. The molecule has 3 N–H and O–H groups in total. The Bertz CT molecular complexity index is 1190. The summed E-state index contributed by atoms with van der Waals surface area (Å²) in [6.07, 6.45) is 4.15. The summed E-state index contributed by atoms with van der Waals surface area (Å²) in [5.74, 6) is -0.0277. The molecule has 1 aliphatic rings. The molecule has 33 heavy (non-hydrogen) atoms. The predicted molar refractivity (Wildman–Crippen MR) is 123 cm³/mol. The van der Waals surface area contributed by atoms with Gasteiger partial charge in [0.15, 0.2) is 5.82 Å². The Labute approximate surface area is 196 Å². The normalized spacial score (nSPS) is 16.0. The Kier molecular flexibility index (Phi) is 6.71. The van der Waals surface area contributed by atoms with Gasteiger partial charge in [-0.25, -0.2) is 14.4 Å². The van der Waals surface area contributed by atoms with E-state index in [1.165, 1.54) is 6.07 Å². The van der Waals surface area contributed by atoms with Gasteiger partial charge in [-0.2, -0.15) is 0 Å². The summed E-state index contributed by atoms with van der Waals surface area (Å²) in [7, 11) is 0. The lowest BCUT2D eigenvalue weighted by Gasteiger charge is -2.20. The van der Waals surface area contributed by atoms with Crippen molar-refractivity contribution >= 4 is 28.8 Å². The van der Waals surface area contributed by atoms with Crippen LogP contribution in [0.3, 0.4) is 0 Å².